The van der Waals surface area contributed by atoms with Gasteiger partial charge in [0.2, 0.25) is 0 Å². The van der Waals surface area contributed by atoms with E-state index in [1.54, 1.807) is 11.8 Å². The summed E-state index contributed by atoms with van der Waals surface area (Å²) in [7, 11) is -2.05. The normalized spacial score (nSPS) is 14.0. The number of para-hydroxylation sites is 4. The van der Waals surface area contributed by atoms with Gasteiger partial charge >= 0.3 is 0 Å². The molecule has 0 unspecified atom stereocenters. The molecule has 7 aromatic carbocycles. The maximum Gasteiger partial charge on any atom is 0.165 e. The molecule has 9 rings (SSSR count). The summed E-state index contributed by atoms with van der Waals surface area (Å²) in [6.07, 6.45) is 0. The highest BCUT2D eigenvalue weighted by atomic mass is 32.2. The van der Waals surface area contributed by atoms with Crippen molar-refractivity contribution in [2.45, 2.75) is 22.9 Å². The van der Waals surface area contributed by atoms with E-state index in [-0.39, 0.29) is 0 Å². The summed E-state index contributed by atoms with van der Waals surface area (Å²) in [6, 6.07) is 49.7. The number of anilines is 3. The third-order valence-electron chi connectivity index (χ3n) is 9.11. The Kier molecular flexibility index (Phi) is 5.89. The van der Waals surface area contributed by atoms with Gasteiger partial charge in [-0.05, 0) is 92.6 Å². The van der Waals surface area contributed by atoms with Crippen LogP contribution in [0.15, 0.2) is 149 Å². The highest BCUT2D eigenvalue weighted by molar-refractivity contribution is 7.99. The fraction of sp³-hybridized carbons (Fsp3) is 0.0500. The van der Waals surface area contributed by atoms with E-state index >= 15 is 0 Å². The lowest BCUT2D eigenvalue weighted by molar-refractivity contribution is 0.455. The number of benzene rings is 7. The minimum atomic E-state index is -2.05. The Morgan fingerprint density at radius 2 is 1.09 bits per heavy atom. The van der Waals surface area contributed by atoms with Crippen LogP contribution in [0.4, 0.5) is 17.1 Å². The molecule has 0 spiro atoms. The average molecular weight is 616 g/mol. The lowest BCUT2D eigenvalue weighted by Crippen LogP contribution is -2.56. The van der Waals surface area contributed by atoms with Crippen molar-refractivity contribution in [2.75, 3.05) is 4.90 Å². The Balaban J connectivity index is 1.30. The summed E-state index contributed by atoms with van der Waals surface area (Å²) in [5, 5.41) is 7.49. The van der Waals surface area contributed by atoms with Crippen molar-refractivity contribution in [3.63, 3.8) is 0 Å². The first-order valence-corrected chi connectivity index (χ1v) is 19.1. The molecule has 216 valence electrons. The lowest BCUT2D eigenvalue weighted by atomic mass is 10.0. The fourth-order valence-electron chi connectivity index (χ4n) is 6.81. The zero-order valence-corrected chi connectivity index (χ0v) is 26.8. The van der Waals surface area contributed by atoms with Crippen LogP contribution in [0.25, 0.3) is 21.5 Å². The second-order valence-electron chi connectivity index (χ2n) is 12.2. The van der Waals surface area contributed by atoms with Gasteiger partial charge in [-0.15, -0.1) is 0 Å². The van der Waals surface area contributed by atoms with E-state index in [0.717, 1.165) is 49.9 Å². The van der Waals surface area contributed by atoms with E-state index in [4.69, 9.17) is 9.47 Å². The van der Waals surface area contributed by atoms with Crippen molar-refractivity contribution in [1.29, 1.82) is 0 Å². The molecule has 0 amide bonds. The van der Waals surface area contributed by atoms with Gasteiger partial charge in [0, 0.05) is 5.69 Å². The van der Waals surface area contributed by atoms with E-state index in [9.17, 15) is 0 Å². The zero-order valence-electron chi connectivity index (χ0n) is 25.0. The highest BCUT2D eigenvalue weighted by Crippen LogP contribution is 2.54. The van der Waals surface area contributed by atoms with Crippen molar-refractivity contribution in [3.05, 3.63) is 140 Å². The number of rotatable bonds is 3. The van der Waals surface area contributed by atoms with E-state index in [0.29, 0.717) is 0 Å². The molecule has 0 aromatic heterocycles. The first-order valence-electron chi connectivity index (χ1n) is 15.3. The number of nitrogens with zero attached hydrogens (tertiary/aromatic N) is 1. The minimum absolute atomic E-state index is 0.852. The molecule has 0 saturated heterocycles. The largest absolute Gasteiger partial charge is 0.455 e. The van der Waals surface area contributed by atoms with Gasteiger partial charge < -0.3 is 14.4 Å². The van der Waals surface area contributed by atoms with Crippen LogP contribution in [0.3, 0.4) is 0 Å². The molecule has 3 nitrogen and oxygen atoms in total. The standard InChI is InChI=1S/C40H29NO2SSi/c1-45(2)37-19-8-6-16-34(37)43-40-32(14-10-20-38(40)45)41(30-22-21-28-23-26-11-3-4-12-27(26)24-29(28)25-30)31-13-9-18-36-39(31)42-33-15-5-7-17-35(33)44-36/h3-25H,1-2H3. The molecule has 5 heteroatoms. The van der Waals surface area contributed by atoms with Gasteiger partial charge in [0.25, 0.3) is 0 Å². The minimum Gasteiger partial charge on any atom is -0.455 e. The van der Waals surface area contributed by atoms with Gasteiger partial charge in [0.1, 0.15) is 19.6 Å². The first kappa shape index (κ1) is 26.4. The predicted molar refractivity (Wildman–Crippen MR) is 190 cm³/mol. The molecule has 0 aliphatic carbocycles. The number of hydrogen-bond acceptors (Lipinski definition) is 4. The Morgan fingerprint density at radius 3 is 1.93 bits per heavy atom. The second kappa shape index (κ2) is 10.0. The Bertz CT molecular complexity index is 2310. The van der Waals surface area contributed by atoms with E-state index in [2.05, 4.69) is 145 Å². The number of fused-ring (bicyclic) bond motifs is 6. The van der Waals surface area contributed by atoms with E-state index < -0.39 is 8.07 Å². The summed E-state index contributed by atoms with van der Waals surface area (Å²) < 4.78 is 13.6. The van der Waals surface area contributed by atoms with Gasteiger partial charge in [-0.3, -0.25) is 0 Å². The molecule has 2 heterocycles. The van der Waals surface area contributed by atoms with Crippen LogP contribution in [-0.4, -0.2) is 8.07 Å². The van der Waals surface area contributed by atoms with Gasteiger partial charge in [-0.2, -0.15) is 0 Å². The number of ether oxygens (including phenoxy) is 2. The fourth-order valence-corrected chi connectivity index (χ4v) is 10.6. The third kappa shape index (κ3) is 4.19. The summed E-state index contributed by atoms with van der Waals surface area (Å²) in [5.41, 5.74) is 3.03. The van der Waals surface area contributed by atoms with Crippen molar-refractivity contribution in [2.24, 2.45) is 0 Å². The van der Waals surface area contributed by atoms with Crippen molar-refractivity contribution in [1.82, 2.24) is 0 Å². The maximum atomic E-state index is 6.86. The first-order chi connectivity index (χ1) is 22.0. The maximum absolute atomic E-state index is 6.86. The average Bonchev–Trinajstić information content (AvgIpc) is 3.07. The molecular formula is C40H29NO2SSi. The molecular weight excluding hydrogens is 587 g/mol. The summed E-state index contributed by atoms with van der Waals surface area (Å²) in [5.74, 6) is 3.61. The van der Waals surface area contributed by atoms with E-state index in [1.807, 2.05) is 12.1 Å². The zero-order chi connectivity index (χ0) is 30.1. The summed E-state index contributed by atoms with van der Waals surface area (Å²) >= 11 is 1.75. The van der Waals surface area contributed by atoms with Crippen molar-refractivity contribution < 1.29 is 9.47 Å². The topological polar surface area (TPSA) is 21.7 Å². The molecule has 0 atom stereocenters. The quantitative estimate of drug-likeness (QED) is 0.146. The van der Waals surface area contributed by atoms with Gasteiger partial charge in [0.05, 0.1) is 21.2 Å². The van der Waals surface area contributed by atoms with Crippen LogP contribution in [0.5, 0.6) is 23.0 Å². The van der Waals surface area contributed by atoms with Crippen molar-refractivity contribution in [3.8, 4) is 23.0 Å². The molecule has 0 radical (unpaired) electrons. The third-order valence-corrected chi connectivity index (χ3v) is 13.7. The molecule has 45 heavy (non-hydrogen) atoms. The molecule has 2 aliphatic heterocycles. The number of hydrogen-bond donors (Lipinski definition) is 0. The van der Waals surface area contributed by atoms with Crippen molar-refractivity contribution >= 4 is 68.8 Å². The van der Waals surface area contributed by atoms with Crippen LogP contribution in [0.1, 0.15) is 0 Å². The molecule has 7 aromatic rings. The predicted octanol–water partition coefficient (Wildman–Crippen LogP) is 10.6. The van der Waals surface area contributed by atoms with Gasteiger partial charge in [0.15, 0.2) is 11.5 Å². The summed E-state index contributed by atoms with van der Waals surface area (Å²) in [4.78, 5) is 4.55. The second-order valence-corrected chi connectivity index (χ2v) is 17.6. The monoisotopic (exact) mass is 615 g/mol. The van der Waals surface area contributed by atoms with Gasteiger partial charge in [-0.1, -0.05) is 104 Å². The Labute approximate surface area is 267 Å². The highest BCUT2D eigenvalue weighted by Gasteiger charge is 2.38. The molecule has 0 bridgehead atoms. The lowest BCUT2D eigenvalue weighted by Gasteiger charge is -2.37. The molecule has 0 saturated carbocycles. The SMILES string of the molecule is C[Si]1(C)c2ccccc2Oc2c(N(c3ccc4cc5ccccc5cc4c3)c3cccc4c3Oc3ccccc3S4)cccc21. The Morgan fingerprint density at radius 1 is 0.489 bits per heavy atom. The Hall–Kier alpha value is -4.97. The van der Waals surface area contributed by atoms with Crippen LogP contribution in [-0.2, 0) is 0 Å². The van der Waals surface area contributed by atoms with Gasteiger partial charge in [-0.25, -0.2) is 0 Å². The van der Waals surface area contributed by atoms with E-state index in [1.165, 1.54) is 31.9 Å². The van der Waals surface area contributed by atoms with Crippen LogP contribution in [0, 0.1) is 0 Å². The van der Waals surface area contributed by atoms with Crippen LogP contribution >= 0.6 is 11.8 Å². The smallest absolute Gasteiger partial charge is 0.165 e. The molecule has 0 fully saturated rings. The van der Waals surface area contributed by atoms with Crippen LogP contribution in [0.2, 0.25) is 13.1 Å². The van der Waals surface area contributed by atoms with Crippen LogP contribution < -0.4 is 24.7 Å². The molecule has 2 aliphatic rings. The molecule has 0 N–H and O–H groups in total. The summed E-state index contributed by atoms with van der Waals surface area (Å²) in [6.45, 7) is 4.84.